The summed E-state index contributed by atoms with van der Waals surface area (Å²) in [5, 5.41) is 3.49. The minimum absolute atomic E-state index is 0.381. The standard InChI is InChI=1S/C16H23NO2/c1-12-6-7-14(10-17-12)19-11-13-8-9-18-16-5-3-2-4-15(13)16/h2-5,12-14,17H,6-11H2,1H3. The molecule has 1 saturated heterocycles. The maximum atomic E-state index is 6.11. The van der Waals surface area contributed by atoms with Crippen LogP contribution in [-0.4, -0.2) is 31.9 Å². The van der Waals surface area contributed by atoms with Crippen LogP contribution in [0.4, 0.5) is 0 Å². The summed E-state index contributed by atoms with van der Waals surface area (Å²) in [7, 11) is 0. The van der Waals surface area contributed by atoms with Crippen molar-refractivity contribution in [2.24, 2.45) is 0 Å². The quantitative estimate of drug-likeness (QED) is 0.907. The Morgan fingerprint density at radius 2 is 2.16 bits per heavy atom. The fourth-order valence-electron chi connectivity index (χ4n) is 2.96. The molecule has 1 aromatic rings. The summed E-state index contributed by atoms with van der Waals surface area (Å²) in [5.41, 5.74) is 1.31. The van der Waals surface area contributed by atoms with Gasteiger partial charge in [0, 0.05) is 18.5 Å². The number of fused-ring (bicyclic) bond motifs is 1. The predicted octanol–water partition coefficient (Wildman–Crippen LogP) is 2.71. The molecule has 104 valence electrons. The van der Waals surface area contributed by atoms with Gasteiger partial charge >= 0.3 is 0 Å². The number of benzene rings is 1. The third-order valence-electron chi connectivity index (χ3n) is 4.23. The van der Waals surface area contributed by atoms with E-state index >= 15 is 0 Å². The number of nitrogens with one attached hydrogen (secondary N) is 1. The molecule has 19 heavy (non-hydrogen) atoms. The molecular formula is C16H23NO2. The zero-order chi connectivity index (χ0) is 13.1. The van der Waals surface area contributed by atoms with Crippen LogP contribution in [0.2, 0.25) is 0 Å². The second-order valence-electron chi connectivity index (χ2n) is 5.71. The molecule has 0 radical (unpaired) electrons. The van der Waals surface area contributed by atoms with Gasteiger partial charge in [0.2, 0.25) is 0 Å². The van der Waals surface area contributed by atoms with Crippen molar-refractivity contribution in [1.29, 1.82) is 0 Å². The van der Waals surface area contributed by atoms with Crippen molar-refractivity contribution in [3.8, 4) is 5.75 Å². The Morgan fingerprint density at radius 1 is 1.26 bits per heavy atom. The SMILES string of the molecule is CC1CCC(OCC2CCOc3ccccc32)CN1. The van der Waals surface area contributed by atoms with Gasteiger partial charge in [-0.25, -0.2) is 0 Å². The number of hydrogen-bond donors (Lipinski definition) is 1. The smallest absolute Gasteiger partial charge is 0.122 e. The van der Waals surface area contributed by atoms with E-state index in [0.717, 1.165) is 31.9 Å². The summed E-state index contributed by atoms with van der Waals surface area (Å²) in [6, 6.07) is 9.00. The maximum Gasteiger partial charge on any atom is 0.122 e. The largest absolute Gasteiger partial charge is 0.493 e. The topological polar surface area (TPSA) is 30.5 Å². The van der Waals surface area contributed by atoms with E-state index in [1.807, 2.05) is 6.07 Å². The van der Waals surface area contributed by atoms with E-state index in [-0.39, 0.29) is 0 Å². The Kier molecular flexibility index (Phi) is 4.04. The van der Waals surface area contributed by atoms with E-state index in [1.165, 1.54) is 18.4 Å². The third kappa shape index (κ3) is 3.10. The highest BCUT2D eigenvalue weighted by Gasteiger charge is 2.24. The average Bonchev–Trinajstić information content (AvgIpc) is 2.47. The molecule has 3 rings (SSSR count). The summed E-state index contributed by atoms with van der Waals surface area (Å²) in [6.07, 6.45) is 3.84. The first-order valence-electron chi connectivity index (χ1n) is 7.39. The number of rotatable bonds is 3. The van der Waals surface area contributed by atoms with Gasteiger partial charge in [0.1, 0.15) is 5.75 Å². The summed E-state index contributed by atoms with van der Waals surface area (Å²) < 4.78 is 11.8. The predicted molar refractivity (Wildman–Crippen MR) is 75.7 cm³/mol. The Balaban J connectivity index is 1.56. The van der Waals surface area contributed by atoms with Crippen LogP contribution in [0.1, 0.15) is 37.7 Å². The van der Waals surface area contributed by atoms with Crippen LogP contribution in [0.15, 0.2) is 24.3 Å². The third-order valence-corrected chi connectivity index (χ3v) is 4.23. The van der Waals surface area contributed by atoms with Gasteiger partial charge in [0.25, 0.3) is 0 Å². The van der Waals surface area contributed by atoms with Crippen LogP contribution in [0.3, 0.4) is 0 Å². The van der Waals surface area contributed by atoms with Crippen LogP contribution in [0.25, 0.3) is 0 Å². The molecular weight excluding hydrogens is 238 g/mol. The summed E-state index contributed by atoms with van der Waals surface area (Å²) >= 11 is 0. The van der Waals surface area contributed by atoms with Crippen LogP contribution in [0.5, 0.6) is 5.75 Å². The molecule has 0 aliphatic carbocycles. The lowest BCUT2D eigenvalue weighted by molar-refractivity contribution is 0.0172. The molecule has 0 aromatic heterocycles. The van der Waals surface area contributed by atoms with E-state index in [4.69, 9.17) is 9.47 Å². The van der Waals surface area contributed by atoms with E-state index in [9.17, 15) is 0 Å². The number of ether oxygens (including phenoxy) is 2. The summed E-state index contributed by atoms with van der Waals surface area (Å²) in [4.78, 5) is 0. The summed E-state index contributed by atoms with van der Waals surface area (Å²) in [5.74, 6) is 1.53. The molecule has 0 saturated carbocycles. The molecule has 3 heteroatoms. The van der Waals surface area contributed by atoms with Gasteiger partial charge in [-0.05, 0) is 37.8 Å². The molecule has 3 atom stereocenters. The minimum atomic E-state index is 0.381. The highest BCUT2D eigenvalue weighted by molar-refractivity contribution is 5.37. The molecule has 0 bridgehead atoms. The number of piperidine rings is 1. The van der Waals surface area contributed by atoms with Crippen molar-refractivity contribution in [2.75, 3.05) is 19.8 Å². The van der Waals surface area contributed by atoms with Gasteiger partial charge < -0.3 is 14.8 Å². The second-order valence-corrected chi connectivity index (χ2v) is 5.71. The van der Waals surface area contributed by atoms with E-state index in [2.05, 4.69) is 30.4 Å². The van der Waals surface area contributed by atoms with Crippen molar-refractivity contribution in [3.05, 3.63) is 29.8 Å². The van der Waals surface area contributed by atoms with E-state index in [1.54, 1.807) is 0 Å². The van der Waals surface area contributed by atoms with Crippen molar-refractivity contribution in [3.63, 3.8) is 0 Å². The molecule has 2 heterocycles. The van der Waals surface area contributed by atoms with E-state index in [0.29, 0.717) is 18.1 Å². The lowest BCUT2D eigenvalue weighted by Crippen LogP contribution is -2.41. The van der Waals surface area contributed by atoms with Crippen LogP contribution < -0.4 is 10.1 Å². The molecule has 1 aromatic carbocycles. The zero-order valence-corrected chi connectivity index (χ0v) is 11.6. The van der Waals surface area contributed by atoms with Gasteiger partial charge in [0.05, 0.1) is 19.3 Å². The van der Waals surface area contributed by atoms with Crippen LogP contribution in [-0.2, 0) is 4.74 Å². The Labute approximate surface area is 115 Å². The number of para-hydroxylation sites is 1. The summed E-state index contributed by atoms with van der Waals surface area (Å²) in [6.45, 7) is 4.86. The van der Waals surface area contributed by atoms with Gasteiger partial charge in [0.15, 0.2) is 0 Å². The molecule has 3 unspecified atom stereocenters. The minimum Gasteiger partial charge on any atom is -0.493 e. The van der Waals surface area contributed by atoms with Crippen molar-refractivity contribution in [2.45, 2.75) is 44.2 Å². The molecule has 1 fully saturated rings. The first kappa shape index (κ1) is 12.9. The van der Waals surface area contributed by atoms with Gasteiger partial charge in [-0.2, -0.15) is 0 Å². The molecule has 0 spiro atoms. The fraction of sp³-hybridized carbons (Fsp3) is 0.625. The lowest BCUT2D eigenvalue weighted by Gasteiger charge is -2.31. The molecule has 2 aliphatic rings. The van der Waals surface area contributed by atoms with Gasteiger partial charge in [-0.1, -0.05) is 18.2 Å². The van der Waals surface area contributed by atoms with Gasteiger partial charge in [-0.15, -0.1) is 0 Å². The van der Waals surface area contributed by atoms with Crippen LogP contribution >= 0.6 is 0 Å². The maximum absolute atomic E-state index is 6.11. The molecule has 2 aliphatic heterocycles. The van der Waals surface area contributed by atoms with E-state index < -0.39 is 0 Å². The van der Waals surface area contributed by atoms with Crippen molar-refractivity contribution >= 4 is 0 Å². The Bertz CT molecular complexity index is 413. The first-order chi connectivity index (χ1) is 9.33. The monoisotopic (exact) mass is 261 g/mol. The molecule has 0 amide bonds. The van der Waals surface area contributed by atoms with Crippen molar-refractivity contribution < 1.29 is 9.47 Å². The highest BCUT2D eigenvalue weighted by Crippen LogP contribution is 2.33. The zero-order valence-electron chi connectivity index (χ0n) is 11.6. The lowest BCUT2D eigenvalue weighted by atomic mass is 9.94. The number of hydrogen-bond acceptors (Lipinski definition) is 3. The second kappa shape index (κ2) is 5.93. The normalized spacial score (nSPS) is 30.5. The first-order valence-corrected chi connectivity index (χ1v) is 7.39. The van der Waals surface area contributed by atoms with Gasteiger partial charge in [-0.3, -0.25) is 0 Å². The highest BCUT2D eigenvalue weighted by atomic mass is 16.5. The fourth-order valence-corrected chi connectivity index (χ4v) is 2.96. The molecule has 3 nitrogen and oxygen atoms in total. The Morgan fingerprint density at radius 3 is 3.00 bits per heavy atom. The average molecular weight is 261 g/mol. The Hall–Kier alpha value is -1.06. The molecule has 1 N–H and O–H groups in total. The van der Waals surface area contributed by atoms with Crippen molar-refractivity contribution in [1.82, 2.24) is 5.32 Å². The van der Waals surface area contributed by atoms with Crippen LogP contribution in [0, 0.1) is 0 Å².